The fraction of sp³-hybridized carbons (Fsp3) is 0.571. The van der Waals surface area contributed by atoms with Crippen LogP contribution in [0.15, 0.2) is 23.1 Å². The number of nitrogens with zero attached hydrogens (tertiary/aromatic N) is 1. The summed E-state index contributed by atoms with van der Waals surface area (Å²) in [6.07, 6.45) is 4.88. The molecule has 0 aliphatic heterocycles. The maximum atomic E-state index is 11.8. The van der Waals surface area contributed by atoms with Gasteiger partial charge in [-0.05, 0) is 45.0 Å². The first-order valence-electron chi connectivity index (χ1n) is 7.09. The zero-order chi connectivity index (χ0) is 14.8. The number of nitrogens with one attached hydrogen (secondary N) is 1. The average Bonchev–Trinajstić information content (AvgIpc) is 2.95. The summed E-state index contributed by atoms with van der Waals surface area (Å²) in [6, 6.07) is 5.50. The molecule has 0 heterocycles. The van der Waals surface area contributed by atoms with Gasteiger partial charge < -0.3 is 10.6 Å². The molecule has 0 aromatic heterocycles. The molecule has 1 aromatic carbocycles. The Labute approximate surface area is 121 Å². The largest absolute Gasteiger partial charge is 0.397 e. The summed E-state index contributed by atoms with van der Waals surface area (Å²) in [4.78, 5) is 2.50. The highest BCUT2D eigenvalue weighted by molar-refractivity contribution is 7.89. The van der Waals surface area contributed by atoms with E-state index >= 15 is 0 Å². The van der Waals surface area contributed by atoms with E-state index in [0.29, 0.717) is 11.7 Å². The number of hydrogen-bond acceptors (Lipinski definition) is 4. The third-order valence-corrected chi connectivity index (χ3v) is 5.41. The van der Waals surface area contributed by atoms with Crippen LogP contribution in [0.5, 0.6) is 0 Å². The van der Waals surface area contributed by atoms with E-state index in [1.807, 2.05) is 6.07 Å². The Kier molecular flexibility index (Phi) is 4.55. The van der Waals surface area contributed by atoms with Crippen molar-refractivity contribution in [3.63, 3.8) is 0 Å². The first kappa shape index (κ1) is 15.1. The van der Waals surface area contributed by atoms with Crippen molar-refractivity contribution < 1.29 is 8.42 Å². The van der Waals surface area contributed by atoms with Crippen LogP contribution < -0.4 is 15.4 Å². The van der Waals surface area contributed by atoms with E-state index in [1.54, 1.807) is 12.1 Å². The molecule has 1 saturated carbocycles. The van der Waals surface area contributed by atoms with Crippen molar-refractivity contribution in [3.8, 4) is 0 Å². The van der Waals surface area contributed by atoms with Crippen LogP contribution in [0.3, 0.4) is 0 Å². The van der Waals surface area contributed by atoms with Gasteiger partial charge in [-0.2, -0.15) is 0 Å². The van der Waals surface area contributed by atoms with Crippen LogP contribution in [0.25, 0.3) is 0 Å². The van der Waals surface area contributed by atoms with Gasteiger partial charge in [-0.3, -0.25) is 0 Å². The maximum Gasteiger partial charge on any atom is 0.240 e. The van der Waals surface area contributed by atoms with Gasteiger partial charge in [0.25, 0.3) is 0 Å². The van der Waals surface area contributed by atoms with Crippen LogP contribution in [0.4, 0.5) is 11.4 Å². The van der Waals surface area contributed by atoms with E-state index in [0.717, 1.165) is 12.2 Å². The number of nitrogens with two attached hydrogens (primary N) is 1. The quantitative estimate of drug-likeness (QED) is 0.815. The van der Waals surface area contributed by atoms with Crippen molar-refractivity contribution in [1.82, 2.24) is 4.72 Å². The Morgan fingerprint density at radius 1 is 1.35 bits per heavy atom. The van der Waals surface area contributed by atoms with E-state index in [1.165, 1.54) is 32.7 Å². The highest BCUT2D eigenvalue weighted by Crippen LogP contribution is 2.32. The van der Waals surface area contributed by atoms with Gasteiger partial charge >= 0.3 is 0 Å². The van der Waals surface area contributed by atoms with Gasteiger partial charge in [0, 0.05) is 12.6 Å². The van der Waals surface area contributed by atoms with Crippen LogP contribution in [-0.2, 0) is 10.0 Å². The van der Waals surface area contributed by atoms with E-state index in [-0.39, 0.29) is 4.90 Å². The van der Waals surface area contributed by atoms with Gasteiger partial charge in [-0.25, -0.2) is 13.1 Å². The maximum absolute atomic E-state index is 11.8. The second-order valence-electron chi connectivity index (χ2n) is 5.15. The molecule has 112 valence electrons. The summed E-state index contributed by atoms with van der Waals surface area (Å²) >= 11 is 0. The molecule has 2 rings (SSSR count). The molecular weight excluding hydrogens is 274 g/mol. The van der Waals surface area contributed by atoms with Gasteiger partial charge in [0.05, 0.1) is 16.3 Å². The topological polar surface area (TPSA) is 75.4 Å². The second-order valence-corrected chi connectivity index (χ2v) is 7.04. The van der Waals surface area contributed by atoms with Gasteiger partial charge in [-0.15, -0.1) is 0 Å². The normalized spacial score (nSPS) is 16.5. The second kappa shape index (κ2) is 6.01. The molecule has 1 aromatic rings. The Hall–Kier alpha value is -1.27. The van der Waals surface area contributed by atoms with Crippen molar-refractivity contribution >= 4 is 21.4 Å². The molecule has 0 amide bonds. The van der Waals surface area contributed by atoms with Crippen molar-refractivity contribution in [2.24, 2.45) is 0 Å². The lowest BCUT2D eigenvalue weighted by molar-refractivity contribution is 0.588. The zero-order valence-electron chi connectivity index (χ0n) is 12.1. The standard InChI is InChI=1S/C14H23N3O2S/c1-3-17(11-6-4-5-7-11)14-9-8-12(10-13(14)15)20(18,19)16-2/h8-11,16H,3-7,15H2,1-2H3. The molecule has 0 unspecified atom stereocenters. The number of anilines is 2. The Morgan fingerprint density at radius 2 is 2.00 bits per heavy atom. The Morgan fingerprint density at radius 3 is 2.50 bits per heavy atom. The van der Waals surface area contributed by atoms with Crippen LogP contribution in [-0.4, -0.2) is 28.1 Å². The summed E-state index contributed by atoms with van der Waals surface area (Å²) in [7, 11) is -2.04. The smallest absolute Gasteiger partial charge is 0.240 e. The lowest BCUT2D eigenvalue weighted by Crippen LogP contribution is -2.33. The third kappa shape index (κ3) is 2.91. The molecule has 1 fully saturated rings. The Balaban J connectivity index is 2.33. The van der Waals surface area contributed by atoms with Crippen molar-refractivity contribution in [2.45, 2.75) is 43.5 Å². The number of rotatable bonds is 5. The van der Waals surface area contributed by atoms with Crippen LogP contribution in [0.1, 0.15) is 32.6 Å². The molecule has 0 saturated heterocycles. The zero-order valence-corrected chi connectivity index (χ0v) is 12.9. The molecule has 3 N–H and O–H groups in total. The van der Waals surface area contributed by atoms with Gasteiger partial charge in [0.15, 0.2) is 0 Å². The number of benzene rings is 1. The van der Waals surface area contributed by atoms with Gasteiger partial charge in [0.1, 0.15) is 0 Å². The summed E-state index contributed by atoms with van der Waals surface area (Å²) in [6.45, 7) is 2.99. The lowest BCUT2D eigenvalue weighted by Gasteiger charge is -2.31. The van der Waals surface area contributed by atoms with Gasteiger partial charge in [0.2, 0.25) is 10.0 Å². The average molecular weight is 297 g/mol. The summed E-state index contributed by atoms with van der Waals surface area (Å²) in [5, 5.41) is 0. The molecule has 5 nitrogen and oxygen atoms in total. The summed E-state index contributed by atoms with van der Waals surface area (Å²) in [5.41, 5.74) is 7.55. The minimum atomic E-state index is -3.44. The Bertz CT molecular complexity index is 566. The van der Waals surface area contributed by atoms with Crippen LogP contribution in [0.2, 0.25) is 0 Å². The first-order chi connectivity index (χ1) is 9.49. The van der Waals surface area contributed by atoms with Crippen LogP contribution >= 0.6 is 0 Å². The fourth-order valence-electron chi connectivity index (χ4n) is 2.92. The molecule has 1 aliphatic rings. The number of hydrogen-bond donors (Lipinski definition) is 2. The molecule has 0 atom stereocenters. The van der Waals surface area contributed by atoms with E-state index < -0.39 is 10.0 Å². The molecule has 0 bridgehead atoms. The summed E-state index contributed by atoms with van der Waals surface area (Å²) in [5.74, 6) is 0. The fourth-order valence-corrected chi connectivity index (χ4v) is 3.69. The van der Waals surface area contributed by atoms with Crippen molar-refractivity contribution in [1.29, 1.82) is 0 Å². The lowest BCUT2D eigenvalue weighted by atomic mass is 10.1. The van der Waals surface area contributed by atoms with Gasteiger partial charge in [-0.1, -0.05) is 12.8 Å². The molecule has 6 heteroatoms. The van der Waals surface area contributed by atoms with Crippen LogP contribution in [0, 0.1) is 0 Å². The molecular formula is C14H23N3O2S. The van der Waals surface area contributed by atoms with E-state index in [9.17, 15) is 8.42 Å². The number of nitrogen functional groups attached to an aromatic ring is 1. The predicted octanol–water partition coefficient (Wildman–Crippen LogP) is 1.95. The van der Waals surface area contributed by atoms with Crippen molar-refractivity contribution in [2.75, 3.05) is 24.2 Å². The highest BCUT2D eigenvalue weighted by atomic mass is 32.2. The number of sulfonamides is 1. The predicted molar refractivity (Wildman–Crippen MR) is 82.4 cm³/mol. The SMILES string of the molecule is CCN(c1ccc(S(=O)(=O)NC)cc1N)C1CCCC1. The first-order valence-corrected chi connectivity index (χ1v) is 8.57. The minimum absolute atomic E-state index is 0.212. The molecule has 1 aliphatic carbocycles. The third-order valence-electron chi connectivity index (χ3n) is 3.99. The monoisotopic (exact) mass is 297 g/mol. The molecule has 20 heavy (non-hydrogen) atoms. The van der Waals surface area contributed by atoms with E-state index in [4.69, 9.17) is 5.73 Å². The minimum Gasteiger partial charge on any atom is -0.397 e. The van der Waals surface area contributed by atoms with Crippen molar-refractivity contribution in [3.05, 3.63) is 18.2 Å². The molecule has 0 radical (unpaired) electrons. The molecule has 0 spiro atoms. The highest BCUT2D eigenvalue weighted by Gasteiger charge is 2.23. The summed E-state index contributed by atoms with van der Waals surface area (Å²) < 4.78 is 25.9. The van der Waals surface area contributed by atoms with E-state index in [2.05, 4.69) is 16.5 Å².